The lowest BCUT2D eigenvalue weighted by Crippen LogP contribution is -1.93. The first-order valence-electron chi connectivity index (χ1n) is 4.48. The maximum Gasteiger partial charge on any atom is 0.0882 e. The first kappa shape index (κ1) is 9.75. The summed E-state index contributed by atoms with van der Waals surface area (Å²) in [5.41, 5.74) is 0. The van der Waals surface area contributed by atoms with Crippen molar-refractivity contribution in [3.8, 4) is 0 Å². The molecule has 0 saturated carbocycles. The lowest BCUT2D eigenvalue weighted by atomic mass is 10.1. The zero-order valence-electron chi connectivity index (χ0n) is 7.42. The highest BCUT2D eigenvalue weighted by atomic mass is 32.1. The van der Waals surface area contributed by atoms with Gasteiger partial charge in [-0.2, -0.15) is 0 Å². The van der Waals surface area contributed by atoms with Crippen LogP contribution in [0.15, 0.2) is 12.1 Å². The van der Waals surface area contributed by atoms with Crippen LogP contribution in [-0.2, 0) is 0 Å². The molecular weight excluding hydrogens is 168 g/mol. The predicted molar refractivity (Wildman–Crippen MR) is 52.3 cm³/mol. The van der Waals surface area contributed by atoms with Crippen molar-refractivity contribution in [3.05, 3.63) is 22.4 Å². The van der Waals surface area contributed by atoms with Crippen molar-refractivity contribution in [2.24, 2.45) is 0 Å². The summed E-state index contributed by atoms with van der Waals surface area (Å²) in [6, 6.07) is 3.81. The zero-order chi connectivity index (χ0) is 8.81. The fourth-order valence-corrected chi connectivity index (χ4v) is 1.82. The van der Waals surface area contributed by atoms with E-state index < -0.39 is 0 Å². The van der Waals surface area contributed by atoms with E-state index in [2.05, 4.69) is 12.3 Å². The maximum atomic E-state index is 9.63. The fraction of sp³-hybridized carbons (Fsp3) is 0.600. The van der Waals surface area contributed by atoms with E-state index in [0.29, 0.717) is 0 Å². The van der Waals surface area contributed by atoms with Crippen molar-refractivity contribution in [1.82, 2.24) is 0 Å². The molecule has 1 nitrogen and oxygen atoms in total. The van der Waals surface area contributed by atoms with Crippen LogP contribution in [0.1, 0.15) is 43.6 Å². The van der Waals surface area contributed by atoms with E-state index >= 15 is 0 Å². The summed E-state index contributed by atoms with van der Waals surface area (Å²) in [4.78, 5) is 1.05. The van der Waals surface area contributed by atoms with Crippen LogP contribution in [0.3, 0.4) is 0 Å². The van der Waals surface area contributed by atoms with E-state index in [1.165, 1.54) is 24.2 Å². The minimum Gasteiger partial charge on any atom is -0.388 e. The molecule has 0 fully saturated rings. The molecule has 0 aliphatic heterocycles. The van der Waals surface area contributed by atoms with Crippen LogP contribution < -0.4 is 0 Å². The summed E-state index contributed by atoms with van der Waals surface area (Å²) in [5.74, 6) is 0. The molecule has 67 valence electrons. The highest BCUT2D eigenvalue weighted by Gasteiger charge is 2.06. The molecule has 0 bridgehead atoms. The van der Waals surface area contributed by atoms with E-state index in [4.69, 9.17) is 0 Å². The number of aliphatic hydroxyl groups excluding tert-OH is 1. The molecule has 1 rings (SSSR count). The average Bonchev–Trinajstić information content (AvgIpc) is 2.56. The van der Waals surface area contributed by atoms with Gasteiger partial charge in [0.15, 0.2) is 0 Å². The normalized spacial score (nSPS) is 13.2. The molecule has 1 aromatic rings. The lowest BCUT2D eigenvalue weighted by Gasteiger charge is -2.06. The van der Waals surface area contributed by atoms with Crippen LogP contribution in [0.2, 0.25) is 0 Å². The Balaban J connectivity index is 2.25. The first-order chi connectivity index (χ1) is 5.84. The van der Waals surface area contributed by atoms with Crippen LogP contribution in [0.5, 0.6) is 0 Å². The second-order valence-electron chi connectivity index (χ2n) is 2.97. The Hall–Kier alpha value is -0.340. The highest BCUT2D eigenvalue weighted by Crippen LogP contribution is 2.23. The third-order valence-corrected chi connectivity index (χ3v) is 2.80. The second kappa shape index (κ2) is 5.33. The van der Waals surface area contributed by atoms with Gasteiger partial charge in [-0.3, -0.25) is 0 Å². The van der Waals surface area contributed by atoms with E-state index in [9.17, 15) is 5.11 Å². The number of thiophene rings is 1. The zero-order valence-corrected chi connectivity index (χ0v) is 8.23. The minimum atomic E-state index is -0.257. The van der Waals surface area contributed by atoms with Crippen molar-refractivity contribution in [1.29, 1.82) is 0 Å². The Kier molecular flexibility index (Phi) is 4.33. The summed E-state index contributed by atoms with van der Waals surface area (Å²) in [5, 5.41) is 12.6. The van der Waals surface area contributed by atoms with Gasteiger partial charge in [-0.15, -0.1) is 11.3 Å². The van der Waals surface area contributed by atoms with E-state index in [0.717, 1.165) is 17.7 Å². The summed E-state index contributed by atoms with van der Waals surface area (Å²) in [6.45, 7) is 2.17. The minimum absolute atomic E-state index is 0.257. The molecule has 0 aliphatic carbocycles. The maximum absolute atomic E-state index is 9.63. The molecule has 2 heteroatoms. The van der Waals surface area contributed by atoms with Crippen LogP contribution in [-0.4, -0.2) is 5.11 Å². The second-order valence-corrected chi connectivity index (χ2v) is 3.88. The van der Waals surface area contributed by atoms with Gasteiger partial charge in [-0.05, 0) is 18.6 Å². The summed E-state index contributed by atoms with van der Waals surface area (Å²) >= 11 is 1.51. The Morgan fingerprint density at radius 3 is 3.00 bits per heavy atom. The van der Waals surface area contributed by atoms with Crippen LogP contribution >= 0.6 is 11.3 Å². The molecular formula is C10H15OS. The standard InChI is InChI=1S/C10H15OS/c1-2-3-4-6-9(11)10-7-5-8-12-10/h5,7,9,11H,2-4,6H2,1H3. The Morgan fingerprint density at radius 2 is 2.42 bits per heavy atom. The molecule has 0 saturated heterocycles. The average molecular weight is 183 g/mol. The SMILES string of the molecule is CCCCCC(O)c1cc[c]s1. The van der Waals surface area contributed by atoms with Crippen molar-refractivity contribution in [2.75, 3.05) is 0 Å². The molecule has 1 atom stereocenters. The molecule has 0 spiro atoms. The predicted octanol–water partition coefficient (Wildman–Crippen LogP) is 3.16. The van der Waals surface area contributed by atoms with Crippen molar-refractivity contribution in [3.63, 3.8) is 0 Å². The van der Waals surface area contributed by atoms with E-state index in [-0.39, 0.29) is 6.10 Å². The van der Waals surface area contributed by atoms with Crippen molar-refractivity contribution >= 4 is 11.3 Å². The summed E-state index contributed by atoms with van der Waals surface area (Å²) in [6.07, 6.45) is 4.18. The molecule has 0 amide bonds. The largest absolute Gasteiger partial charge is 0.388 e. The van der Waals surface area contributed by atoms with Crippen molar-refractivity contribution in [2.45, 2.75) is 38.7 Å². The number of unbranched alkanes of at least 4 members (excludes halogenated alkanes) is 2. The molecule has 1 unspecified atom stereocenters. The molecule has 1 N–H and O–H groups in total. The number of hydrogen-bond donors (Lipinski definition) is 1. The molecule has 12 heavy (non-hydrogen) atoms. The molecule has 1 radical (unpaired) electrons. The Morgan fingerprint density at radius 1 is 1.58 bits per heavy atom. The van der Waals surface area contributed by atoms with Crippen LogP contribution in [0, 0.1) is 5.38 Å². The van der Waals surface area contributed by atoms with Gasteiger partial charge in [-0.25, -0.2) is 0 Å². The molecule has 0 aromatic carbocycles. The smallest absolute Gasteiger partial charge is 0.0882 e. The molecule has 1 heterocycles. The lowest BCUT2D eigenvalue weighted by molar-refractivity contribution is 0.167. The van der Waals surface area contributed by atoms with Crippen molar-refractivity contribution < 1.29 is 5.11 Å². The first-order valence-corrected chi connectivity index (χ1v) is 5.30. The summed E-state index contributed by atoms with van der Waals surface area (Å²) < 4.78 is 0. The van der Waals surface area contributed by atoms with E-state index in [1.54, 1.807) is 0 Å². The molecule has 0 aliphatic rings. The summed E-state index contributed by atoms with van der Waals surface area (Å²) in [7, 11) is 0. The third kappa shape index (κ3) is 2.95. The van der Waals surface area contributed by atoms with E-state index in [1.807, 2.05) is 12.1 Å². The number of rotatable bonds is 5. The Labute approximate surface area is 78.1 Å². The topological polar surface area (TPSA) is 20.2 Å². The van der Waals surface area contributed by atoms with Crippen LogP contribution in [0.25, 0.3) is 0 Å². The van der Waals surface area contributed by atoms with Gasteiger partial charge in [-0.1, -0.05) is 26.2 Å². The van der Waals surface area contributed by atoms with Gasteiger partial charge >= 0.3 is 0 Å². The van der Waals surface area contributed by atoms with Gasteiger partial charge in [0.05, 0.1) is 6.10 Å². The highest BCUT2D eigenvalue weighted by molar-refractivity contribution is 7.09. The third-order valence-electron chi connectivity index (χ3n) is 1.90. The number of hydrogen-bond acceptors (Lipinski definition) is 2. The van der Waals surface area contributed by atoms with Gasteiger partial charge in [0.1, 0.15) is 0 Å². The quantitative estimate of drug-likeness (QED) is 0.695. The Bertz CT molecular complexity index is 194. The van der Waals surface area contributed by atoms with Gasteiger partial charge < -0.3 is 5.11 Å². The van der Waals surface area contributed by atoms with Gasteiger partial charge in [0.2, 0.25) is 0 Å². The molecule has 1 aromatic heterocycles. The van der Waals surface area contributed by atoms with Gasteiger partial charge in [0.25, 0.3) is 0 Å². The van der Waals surface area contributed by atoms with Crippen LogP contribution in [0.4, 0.5) is 0 Å². The van der Waals surface area contributed by atoms with Gasteiger partial charge in [0, 0.05) is 10.3 Å². The number of aliphatic hydroxyl groups is 1. The monoisotopic (exact) mass is 183 g/mol. The fourth-order valence-electron chi connectivity index (χ4n) is 1.16.